The monoisotopic (exact) mass is 543 g/mol. The highest BCUT2D eigenvalue weighted by molar-refractivity contribution is 5.91. The van der Waals surface area contributed by atoms with Crippen LogP contribution in [0.1, 0.15) is 37.5 Å². The Balaban J connectivity index is 1.30. The Kier molecular flexibility index (Phi) is 5.55. The molecule has 3 aliphatic rings. The van der Waals surface area contributed by atoms with Gasteiger partial charge in [0.05, 0.1) is 5.69 Å². The number of anilines is 3. The zero-order valence-corrected chi connectivity index (χ0v) is 24.2. The summed E-state index contributed by atoms with van der Waals surface area (Å²) >= 11 is 0. The van der Waals surface area contributed by atoms with E-state index in [0.717, 1.165) is 22.8 Å². The molecule has 8 rings (SSSR count). The van der Waals surface area contributed by atoms with E-state index >= 15 is 0 Å². The molecule has 1 aliphatic heterocycles. The molecule has 0 N–H and O–H groups in total. The van der Waals surface area contributed by atoms with Gasteiger partial charge in [0.25, 0.3) is 0 Å². The largest absolute Gasteiger partial charge is 0.482 e. The van der Waals surface area contributed by atoms with E-state index in [1.807, 2.05) is 0 Å². The van der Waals surface area contributed by atoms with E-state index in [-0.39, 0.29) is 11.5 Å². The molecular formula is C40H33NO. The van der Waals surface area contributed by atoms with Gasteiger partial charge in [-0.1, -0.05) is 124 Å². The quantitative estimate of drug-likeness (QED) is 0.224. The lowest BCUT2D eigenvalue weighted by Crippen LogP contribution is -2.22. The first-order valence-corrected chi connectivity index (χ1v) is 14.9. The zero-order chi connectivity index (χ0) is 28.4. The normalized spacial score (nSPS) is 18.8. The standard InChI is InChI=1S/C40H33NO/c1-26-11-9-15-33-34-16-10-18-37(39(34)42-38(26)33)41(29-21-19-28(20-22-29)27-12-5-4-6-13-27)30-23-24-32-31-14-7-8-17-35(31)40(2,3)36(32)25-30/h4-26,38H,1-3H3. The Labute approximate surface area is 248 Å². The van der Waals surface area contributed by atoms with E-state index in [1.54, 1.807) is 0 Å². The number of benzene rings is 5. The second kappa shape index (κ2) is 9.36. The number of para-hydroxylation sites is 1. The minimum Gasteiger partial charge on any atom is -0.482 e. The average Bonchev–Trinajstić information content (AvgIpc) is 3.52. The van der Waals surface area contributed by atoms with Crippen LogP contribution in [0.25, 0.3) is 27.8 Å². The summed E-state index contributed by atoms with van der Waals surface area (Å²) in [4.78, 5) is 2.38. The summed E-state index contributed by atoms with van der Waals surface area (Å²) in [6.07, 6.45) is 6.66. The fourth-order valence-corrected chi connectivity index (χ4v) is 7.10. The van der Waals surface area contributed by atoms with Gasteiger partial charge in [-0.15, -0.1) is 0 Å². The summed E-state index contributed by atoms with van der Waals surface area (Å²) in [6, 6.07) is 41.9. The molecule has 2 aliphatic carbocycles. The van der Waals surface area contributed by atoms with Gasteiger partial charge in [0, 0.05) is 33.8 Å². The van der Waals surface area contributed by atoms with E-state index in [0.29, 0.717) is 5.92 Å². The van der Waals surface area contributed by atoms with Crippen molar-refractivity contribution in [1.82, 2.24) is 0 Å². The van der Waals surface area contributed by atoms with Crippen molar-refractivity contribution in [2.75, 3.05) is 4.90 Å². The van der Waals surface area contributed by atoms with Crippen LogP contribution in [0.2, 0.25) is 0 Å². The van der Waals surface area contributed by atoms with Crippen LogP contribution in [0.4, 0.5) is 17.1 Å². The van der Waals surface area contributed by atoms with Crippen LogP contribution in [-0.2, 0) is 5.41 Å². The first-order chi connectivity index (χ1) is 20.5. The van der Waals surface area contributed by atoms with E-state index in [4.69, 9.17) is 4.74 Å². The number of ether oxygens (including phenoxy) is 1. The number of nitrogens with zero attached hydrogens (tertiary/aromatic N) is 1. The van der Waals surface area contributed by atoms with Gasteiger partial charge in [-0.3, -0.25) is 0 Å². The zero-order valence-electron chi connectivity index (χ0n) is 24.2. The second-order valence-electron chi connectivity index (χ2n) is 12.2. The van der Waals surface area contributed by atoms with Crippen molar-refractivity contribution < 1.29 is 4.74 Å². The maximum absolute atomic E-state index is 6.79. The lowest BCUT2D eigenvalue weighted by Gasteiger charge is -2.29. The number of allylic oxidation sites excluding steroid dienone is 2. The topological polar surface area (TPSA) is 12.5 Å². The highest BCUT2D eigenvalue weighted by Crippen LogP contribution is 2.53. The third-order valence-corrected chi connectivity index (χ3v) is 9.32. The Morgan fingerprint density at radius 1 is 0.643 bits per heavy atom. The summed E-state index contributed by atoms with van der Waals surface area (Å²) in [6.45, 7) is 6.92. The Bertz CT molecular complexity index is 1890. The van der Waals surface area contributed by atoms with Gasteiger partial charge < -0.3 is 9.64 Å². The van der Waals surface area contributed by atoms with Gasteiger partial charge in [-0.2, -0.15) is 0 Å². The number of hydrogen-bond donors (Lipinski definition) is 0. The van der Waals surface area contributed by atoms with Crippen molar-refractivity contribution in [3.8, 4) is 28.0 Å². The molecule has 0 aromatic heterocycles. The number of rotatable bonds is 4. The first-order valence-electron chi connectivity index (χ1n) is 14.9. The highest BCUT2D eigenvalue weighted by Gasteiger charge is 2.38. The molecule has 0 bridgehead atoms. The lowest BCUT2D eigenvalue weighted by atomic mass is 9.82. The molecule has 42 heavy (non-hydrogen) atoms. The molecule has 5 aromatic carbocycles. The summed E-state index contributed by atoms with van der Waals surface area (Å²) < 4.78 is 6.79. The number of fused-ring (bicyclic) bond motifs is 6. The smallest absolute Gasteiger partial charge is 0.151 e. The molecule has 204 valence electrons. The van der Waals surface area contributed by atoms with Gasteiger partial charge >= 0.3 is 0 Å². The SMILES string of the molecule is CC1C=CC=C2c3cccc(N(c4ccc(-c5ccccc5)cc4)c4ccc5c(c4)C(C)(C)c4ccccc4-5)c3OC21. The van der Waals surface area contributed by atoms with Crippen molar-refractivity contribution in [1.29, 1.82) is 0 Å². The molecule has 2 nitrogen and oxygen atoms in total. The van der Waals surface area contributed by atoms with Crippen molar-refractivity contribution in [3.63, 3.8) is 0 Å². The van der Waals surface area contributed by atoms with Crippen LogP contribution >= 0.6 is 0 Å². The van der Waals surface area contributed by atoms with E-state index in [9.17, 15) is 0 Å². The summed E-state index contributed by atoms with van der Waals surface area (Å²) in [5.74, 6) is 1.28. The predicted octanol–water partition coefficient (Wildman–Crippen LogP) is 10.5. The van der Waals surface area contributed by atoms with Gasteiger partial charge in [0.2, 0.25) is 0 Å². The third-order valence-electron chi connectivity index (χ3n) is 9.32. The Morgan fingerprint density at radius 3 is 2.17 bits per heavy atom. The molecule has 2 atom stereocenters. The molecular weight excluding hydrogens is 510 g/mol. The van der Waals surface area contributed by atoms with E-state index < -0.39 is 0 Å². The summed E-state index contributed by atoms with van der Waals surface area (Å²) in [5, 5.41) is 0. The lowest BCUT2D eigenvalue weighted by molar-refractivity contribution is 0.236. The molecule has 1 heterocycles. The van der Waals surface area contributed by atoms with Gasteiger partial charge in [0.15, 0.2) is 5.75 Å². The second-order valence-corrected chi connectivity index (χ2v) is 12.2. The molecule has 5 aromatic rings. The van der Waals surface area contributed by atoms with Crippen LogP contribution < -0.4 is 9.64 Å². The molecule has 0 spiro atoms. The fraction of sp³-hybridized carbons (Fsp3) is 0.150. The number of hydrogen-bond acceptors (Lipinski definition) is 2. The molecule has 2 heteroatoms. The van der Waals surface area contributed by atoms with Crippen LogP contribution in [0.5, 0.6) is 5.75 Å². The maximum Gasteiger partial charge on any atom is 0.151 e. The van der Waals surface area contributed by atoms with Crippen molar-refractivity contribution in [2.24, 2.45) is 5.92 Å². The fourth-order valence-electron chi connectivity index (χ4n) is 7.10. The molecule has 0 amide bonds. The van der Waals surface area contributed by atoms with E-state index in [2.05, 4.69) is 159 Å². The van der Waals surface area contributed by atoms with Crippen molar-refractivity contribution >= 4 is 22.6 Å². The van der Waals surface area contributed by atoms with Crippen LogP contribution in [-0.4, -0.2) is 6.10 Å². The third kappa shape index (κ3) is 3.72. The summed E-state index contributed by atoms with van der Waals surface area (Å²) in [5.41, 5.74) is 13.5. The molecule has 0 saturated heterocycles. The Morgan fingerprint density at radius 2 is 1.33 bits per heavy atom. The minimum absolute atomic E-state index is 0.0434. The van der Waals surface area contributed by atoms with Gasteiger partial charge in [0.1, 0.15) is 6.10 Å². The summed E-state index contributed by atoms with van der Waals surface area (Å²) in [7, 11) is 0. The molecule has 0 saturated carbocycles. The van der Waals surface area contributed by atoms with Gasteiger partial charge in [-0.05, 0) is 63.7 Å². The predicted molar refractivity (Wildman–Crippen MR) is 175 cm³/mol. The van der Waals surface area contributed by atoms with Gasteiger partial charge in [-0.25, -0.2) is 0 Å². The maximum atomic E-state index is 6.79. The molecule has 0 fully saturated rings. The Hall–Kier alpha value is -4.82. The first kappa shape index (κ1) is 24.9. The molecule has 0 radical (unpaired) electrons. The van der Waals surface area contributed by atoms with E-state index in [1.165, 1.54) is 44.5 Å². The minimum atomic E-state index is -0.0826. The van der Waals surface area contributed by atoms with Crippen molar-refractivity contribution in [2.45, 2.75) is 32.3 Å². The average molecular weight is 544 g/mol. The molecule has 2 unspecified atom stereocenters. The van der Waals surface area contributed by atoms with Crippen LogP contribution in [0.15, 0.2) is 133 Å². The van der Waals surface area contributed by atoms with Crippen LogP contribution in [0.3, 0.4) is 0 Å². The van der Waals surface area contributed by atoms with Crippen molar-refractivity contribution in [3.05, 3.63) is 150 Å². The highest BCUT2D eigenvalue weighted by atomic mass is 16.5. The van der Waals surface area contributed by atoms with Crippen LogP contribution in [0, 0.1) is 5.92 Å².